The molecule has 0 radical (unpaired) electrons. The molecule has 0 saturated heterocycles. The van der Waals surface area contributed by atoms with Crippen molar-refractivity contribution in [1.29, 1.82) is 0 Å². The second-order valence-corrected chi connectivity index (χ2v) is 2.72. The van der Waals surface area contributed by atoms with E-state index in [0.29, 0.717) is 0 Å². The number of carbonyl (C=O) groups is 1. The van der Waals surface area contributed by atoms with Gasteiger partial charge in [-0.25, -0.2) is 0 Å². The zero-order chi connectivity index (χ0) is 9.99. The zero-order valence-electron chi connectivity index (χ0n) is 6.48. The van der Waals surface area contributed by atoms with E-state index in [4.69, 9.17) is 5.11 Å². The van der Waals surface area contributed by atoms with Crippen LogP contribution in [0.1, 0.15) is 13.3 Å². The quantitative estimate of drug-likeness (QED) is 0.679. The molecule has 2 nitrogen and oxygen atoms in total. The van der Waals surface area contributed by atoms with E-state index < -0.39 is 24.0 Å². The molecule has 0 aliphatic rings. The molecule has 0 saturated carbocycles. The summed E-state index contributed by atoms with van der Waals surface area (Å²) >= 11 is 0. The zero-order valence-corrected chi connectivity index (χ0v) is 6.48. The molecule has 0 aromatic heterocycles. The molecule has 0 rings (SSSR count). The maximum atomic E-state index is 11.8. The Morgan fingerprint density at radius 3 is 2.08 bits per heavy atom. The van der Waals surface area contributed by atoms with E-state index in [-0.39, 0.29) is 0 Å². The molecular formula is C7H9F3O2. The van der Waals surface area contributed by atoms with Gasteiger partial charge in [0.15, 0.2) is 0 Å². The number of halogens is 3. The second-order valence-electron chi connectivity index (χ2n) is 2.72. The predicted molar refractivity (Wildman–Crippen MR) is 36.6 cm³/mol. The smallest absolute Gasteiger partial charge is 0.390 e. The lowest BCUT2D eigenvalue weighted by molar-refractivity contribution is -0.170. The highest BCUT2D eigenvalue weighted by atomic mass is 19.4. The summed E-state index contributed by atoms with van der Waals surface area (Å²) in [7, 11) is 0. The van der Waals surface area contributed by atoms with Gasteiger partial charge in [0.2, 0.25) is 0 Å². The predicted octanol–water partition coefficient (Wildman–Crippen LogP) is 2.22. The van der Waals surface area contributed by atoms with Crippen LogP contribution in [-0.4, -0.2) is 17.3 Å². The first-order valence-electron chi connectivity index (χ1n) is 3.15. The second kappa shape index (κ2) is 3.16. The topological polar surface area (TPSA) is 37.3 Å². The summed E-state index contributed by atoms with van der Waals surface area (Å²) in [5, 5.41) is 8.42. The Morgan fingerprint density at radius 2 is 2.00 bits per heavy atom. The summed E-state index contributed by atoms with van der Waals surface area (Å²) in [6, 6.07) is 0. The first kappa shape index (κ1) is 11.0. The number of carboxylic acid groups (broad SMARTS) is 1. The van der Waals surface area contributed by atoms with Crippen LogP contribution in [0.2, 0.25) is 0 Å². The average Bonchev–Trinajstić information content (AvgIpc) is 1.83. The van der Waals surface area contributed by atoms with Crippen molar-refractivity contribution in [1.82, 2.24) is 0 Å². The van der Waals surface area contributed by atoms with E-state index >= 15 is 0 Å². The lowest BCUT2D eigenvalue weighted by Gasteiger charge is -2.21. The standard InChI is InChI=1S/C7H9F3O2/c1-3-6(2,5(11)12)4-7(8,9)10/h3H,1,4H2,2H3,(H,11,12). The minimum absolute atomic E-state index is 0.794. The van der Waals surface area contributed by atoms with E-state index in [1.807, 2.05) is 0 Å². The van der Waals surface area contributed by atoms with Gasteiger partial charge in [-0.2, -0.15) is 13.2 Å². The highest BCUT2D eigenvalue weighted by Crippen LogP contribution is 2.34. The molecule has 12 heavy (non-hydrogen) atoms. The van der Waals surface area contributed by atoms with Crippen molar-refractivity contribution in [2.24, 2.45) is 5.41 Å². The van der Waals surface area contributed by atoms with Gasteiger partial charge in [0.05, 0.1) is 11.8 Å². The van der Waals surface area contributed by atoms with Gasteiger partial charge in [-0.1, -0.05) is 6.08 Å². The first-order valence-corrected chi connectivity index (χ1v) is 3.15. The van der Waals surface area contributed by atoms with Crippen LogP contribution in [0.15, 0.2) is 12.7 Å². The summed E-state index contributed by atoms with van der Waals surface area (Å²) in [5.74, 6) is -1.52. The number of aliphatic carboxylic acids is 1. The van der Waals surface area contributed by atoms with Crippen molar-refractivity contribution in [3.63, 3.8) is 0 Å². The minimum Gasteiger partial charge on any atom is -0.481 e. The van der Waals surface area contributed by atoms with Crippen molar-refractivity contribution >= 4 is 5.97 Å². The summed E-state index contributed by atoms with van der Waals surface area (Å²) in [6.07, 6.45) is -5.08. The lowest BCUT2D eigenvalue weighted by Crippen LogP contribution is -2.31. The third-order valence-corrected chi connectivity index (χ3v) is 1.51. The van der Waals surface area contributed by atoms with Crippen LogP contribution >= 0.6 is 0 Å². The molecule has 0 aliphatic carbocycles. The van der Waals surface area contributed by atoms with E-state index in [1.54, 1.807) is 0 Å². The SMILES string of the molecule is C=CC(C)(CC(F)(F)F)C(=O)O. The van der Waals surface area contributed by atoms with Crippen LogP contribution in [0.3, 0.4) is 0 Å². The van der Waals surface area contributed by atoms with Gasteiger partial charge < -0.3 is 5.11 Å². The van der Waals surface area contributed by atoms with Crippen molar-refractivity contribution in [2.75, 3.05) is 0 Å². The van der Waals surface area contributed by atoms with Gasteiger partial charge in [0, 0.05) is 0 Å². The Balaban J connectivity index is 4.57. The third kappa shape index (κ3) is 2.94. The molecule has 70 valence electrons. The Hall–Kier alpha value is -1.00. The van der Waals surface area contributed by atoms with Crippen LogP contribution in [0, 0.1) is 5.41 Å². The normalized spacial score (nSPS) is 16.7. The van der Waals surface area contributed by atoms with E-state index in [2.05, 4.69) is 6.58 Å². The number of alkyl halides is 3. The Kier molecular flexibility index (Phi) is 2.90. The molecule has 0 bridgehead atoms. The molecule has 0 spiro atoms. The molecule has 0 fully saturated rings. The highest BCUT2D eigenvalue weighted by Gasteiger charge is 2.42. The number of carboxylic acids is 1. The van der Waals surface area contributed by atoms with Gasteiger partial charge in [0.1, 0.15) is 0 Å². The fourth-order valence-corrected chi connectivity index (χ4v) is 0.651. The highest BCUT2D eigenvalue weighted by molar-refractivity contribution is 5.76. The fourth-order valence-electron chi connectivity index (χ4n) is 0.651. The van der Waals surface area contributed by atoms with Gasteiger partial charge >= 0.3 is 12.1 Å². The molecule has 0 aromatic carbocycles. The minimum atomic E-state index is -4.48. The van der Waals surface area contributed by atoms with E-state index in [9.17, 15) is 18.0 Å². The van der Waals surface area contributed by atoms with E-state index in [0.717, 1.165) is 13.0 Å². The van der Waals surface area contributed by atoms with Crippen molar-refractivity contribution in [3.05, 3.63) is 12.7 Å². The number of rotatable bonds is 3. The summed E-state index contributed by atoms with van der Waals surface area (Å²) in [6.45, 7) is 4.04. The fraction of sp³-hybridized carbons (Fsp3) is 0.571. The van der Waals surface area contributed by atoms with Gasteiger partial charge in [-0.05, 0) is 6.92 Å². The van der Waals surface area contributed by atoms with Crippen LogP contribution in [-0.2, 0) is 4.79 Å². The van der Waals surface area contributed by atoms with E-state index in [1.165, 1.54) is 0 Å². The van der Waals surface area contributed by atoms with Crippen LogP contribution in [0.25, 0.3) is 0 Å². The Labute approximate surface area is 67.7 Å². The molecule has 1 unspecified atom stereocenters. The molecular weight excluding hydrogens is 173 g/mol. The van der Waals surface area contributed by atoms with Crippen LogP contribution < -0.4 is 0 Å². The summed E-state index contributed by atoms with van der Waals surface area (Å²) in [4.78, 5) is 10.4. The Bertz CT molecular complexity index is 197. The third-order valence-electron chi connectivity index (χ3n) is 1.51. The van der Waals surface area contributed by atoms with Crippen molar-refractivity contribution in [3.8, 4) is 0 Å². The molecule has 0 heterocycles. The van der Waals surface area contributed by atoms with Gasteiger partial charge in [-0.15, -0.1) is 6.58 Å². The first-order chi connectivity index (χ1) is 5.21. The van der Waals surface area contributed by atoms with Crippen LogP contribution in [0.5, 0.6) is 0 Å². The molecule has 1 N–H and O–H groups in total. The molecule has 0 aromatic rings. The molecule has 0 amide bonds. The van der Waals surface area contributed by atoms with Crippen molar-refractivity contribution in [2.45, 2.75) is 19.5 Å². The summed E-state index contributed by atoms with van der Waals surface area (Å²) < 4.78 is 35.4. The monoisotopic (exact) mass is 182 g/mol. The Morgan fingerprint density at radius 1 is 1.58 bits per heavy atom. The van der Waals surface area contributed by atoms with Crippen molar-refractivity contribution < 1.29 is 23.1 Å². The van der Waals surface area contributed by atoms with Crippen LogP contribution in [0.4, 0.5) is 13.2 Å². The maximum Gasteiger partial charge on any atom is 0.390 e. The lowest BCUT2D eigenvalue weighted by atomic mass is 9.87. The molecule has 5 heteroatoms. The average molecular weight is 182 g/mol. The number of hydrogen-bond donors (Lipinski definition) is 1. The molecule has 1 atom stereocenters. The van der Waals surface area contributed by atoms with Gasteiger partial charge in [0.25, 0.3) is 0 Å². The largest absolute Gasteiger partial charge is 0.481 e. The summed E-state index contributed by atoms with van der Waals surface area (Å²) in [5.41, 5.74) is -1.92. The van der Waals surface area contributed by atoms with Gasteiger partial charge in [-0.3, -0.25) is 4.79 Å². The number of hydrogen-bond acceptors (Lipinski definition) is 1. The maximum absolute atomic E-state index is 11.8. The molecule has 0 aliphatic heterocycles.